The first-order valence-corrected chi connectivity index (χ1v) is 8.27. The van der Waals surface area contributed by atoms with Crippen LogP contribution in [0.15, 0.2) is 0 Å². The molecular weight excluding hydrogens is 316 g/mol. The first-order valence-electron chi connectivity index (χ1n) is 8.27. The third kappa shape index (κ3) is 5.43. The molecule has 9 heteroatoms. The lowest BCUT2D eigenvalue weighted by Gasteiger charge is -2.28. The molecule has 1 aliphatic rings. The summed E-state index contributed by atoms with van der Waals surface area (Å²) in [6, 6.07) is -2.88. The molecule has 4 atom stereocenters. The second-order valence-electron chi connectivity index (χ2n) is 6.14. The fourth-order valence-corrected chi connectivity index (χ4v) is 2.72. The van der Waals surface area contributed by atoms with E-state index >= 15 is 0 Å². The normalized spacial score (nSPS) is 21.2. The largest absolute Gasteiger partial charge is 0.480 e. The molecule has 0 aromatic carbocycles. The van der Waals surface area contributed by atoms with Crippen molar-refractivity contribution in [3.05, 3.63) is 0 Å². The van der Waals surface area contributed by atoms with Gasteiger partial charge in [0.2, 0.25) is 11.8 Å². The molecule has 7 N–H and O–H groups in total. The number of carbonyl (C=O) groups is 3. The maximum Gasteiger partial charge on any atom is 0.326 e. The number of rotatable bonds is 9. The van der Waals surface area contributed by atoms with E-state index in [1.54, 1.807) is 0 Å². The summed E-state index contributed by atoms with van der Waals surface area (Å²) in [7, 11) is 0. The summed E-state index contributed by atoms with van der Waals surface area (Å²) in [6.07, 6.45) is 1.60. The third-order valence-corrected chi connectivity index (χ3v) is 4.20. The van der Waals surface area contributed by atoms with Crippen LogP contribution in [0.1, 0.15) is 39.0 Å². The van der Waals surface area contributed by atoms with Crippen molar-refractivity contribution < 1.29 is 24.6 Å². The highest BCUT2D eigenvalue weighted by Crippen LogP contribution is 2.19. The van der Waals surface area contributed by atoms with E-state index in [0.29, 0.717) is 45.2 Å². The number of likely N-dealkylation sites (tertiary alicyclic amines) is 1. The molecule has 0 saturated carbocycles. The molecular formula is C15H28N4O5. The summed E-state index contributed by atoms with van der Waals surface area (Å²) in [5, 5.41) is 21.2. The van der Waals surface area contributed by atoms with Gasteiger partial charge in [-0.2, -0.15) is 0 Å². The third-order valence-electron chi connectivity index (χ3n) is 4.20. The number of amides is 2. The van der Waals surface area contributed by atoms with Crippen molar-refractivity contribution in [1.29, 1.82) is 0 Å². The zero-order chi connectivity index (χ0) is 18.3. The van der Waals surface area contributed by atoms with Crippen LogP contribution in [0.4, 0.5) is 0 Å². The minimum atomic E-state index is -1.15. The molecule has 2 amide bonds. The van der Waals surface area contributed by atoms with E-state index in [0.717, 1.165) is 0 Å². The molecule has 0 bridgehead atoms. The fourth-order valence-electron chi connectivity index (χ4n) is 2.72. The number of aliphatic carboxylic acids is 1. The van der Waals surface area contributed by atoms with Crippen LogP contribution in [-0.2, 0) is 14.4 Å². The van der Waals surface area contributed by atoms with Gasteiger partial charge in [-0.3, -0.25) is 9.59 Å². The van der Waals surface area contributed by atoms with Crippen molar-refractivity contribution in [3.63, 3.8) is 0 Å². The Morgan fingerprint density at radius 2 is 2.00 bits per heavy atom. The van der Waals surface area contributed by atoms with E-state index in [-0.39, 0.29) is 0 Å². The quantitative estimate of drug-likeness (QED) is 0.314. The number of carboxylic acid groups (broad SMARTS) is 1. The Balaban J connectivity index is 2.81. The second kappa shape index (κ2) is 9.55. The van der Waals surface area contributed by atoms with E-state index in [1.165, 1.54) is 11.8 Å². The molecule has 1 fully saturated rings. The Bertz CT molecular complexity index is 457. The maximum absolute atomic E-state index is 12.7. The first kappa shape index (κ1) is 20.3. The summed E-state index contributed by atoms with van der Waals surface area (Å²) in [5.41, 5.74) is 11.0. The number of carbonyl (C=O) groups excluding carboxylic acids is 2. The van der Waals surface area contributed by atoms with Crippen LogP contribution in [0, 0.1) is 0 Å². The Morgan fingerprint density at radius 1 is 1.33 bits per heavy atom. The van der Waals surface area contributed by atoms with Gasteiger partial charge in [-0.25, -0.2) is 4.79 Å². The first-order chi connectivity index (χ1) is 11.3. The highest BCUT2D eigenvalue weighted by Gasteiger charge is 2.37. The smallest absolute Gasteiger partial charge is 0.326 e. The van der Waals surface area contributed by atoms with Gasteiger partial charge in [0.15, 0.2) is 0 Å². The number of nitrogens with two attached hydrogens (primary N) is 2. The molecule has 0 radical (unpaired) electrons. The lowest BCUT2D eigenvalue weighted by molar-refractivity contribution is -0.149. The van der Waals surface area contributed by atoms with Crippen molar-refractivity contribution in [3.8, 4) is 0 Å². The molecule has 9 nitrogen and oxygen atoms in total. The summed E-state index contributed by atoms with van der Waals surface area (Å²) >= 11 is 0. The minimum Gasteiger partial charge on any atom is -0.480 e. The number of unbranched alkanes of at least 4 members (excludes halogenated alkanes) is 1. The van der Waals surface area contributed by atoms with Crippen molar-refractivity contribution in [2.45, 2.75) is 63.3 Å². The molecule has 0 aliphatic carbocycles. The molecule has 0 aromatic rings. The van der Waals surface area contributed by atoms with Gasteiger partial charge in [0.25, 0.3) is 0 Å². The number of carboxylic acids is 1. The predicted molar refractivity (Wildman–Crippen MR) is 86.9 cm³/mol. The summed E-state index contributed by atoms with van der Waals surface area (Å²) in [4.78, 5) is 37.3. The van der Waals surface area contributed by atoms with E-state index in [2.05, 4.69) is 5.32 Å². The highest BCUT2D eigenvalue weighted by molar-refractivity contribution is 5.92. The second-order valence-corrected chi connectivity index (χ2v) is 6.14. The van der Waals surface area contributed by atoms with Crippen LogP contribution in [0.3, 0.4) is 0 Å². The Morgan fingerprint density at radius 3 is 2.54 bits per heavy atom. The average Bonchev–Trinajstić information content (AvgIpc) is 3.02. The Kier molecular flexibility index (Phi) is 8.09. The van der Waals surface area contributed by atoms with Crippen LogP contribution >= 0.6 is 0 Å². The Hall–Kier alpha value is -1.71. The minimum absolute atomic E-state index is 0.344. The van der Waals surface area contributed by atoms with Gasteiger partial charge in [-0.1, -0.05) is 0 Å². The Labute approximate surface area is 141 Å². The van der Waals surface area contributed by atoms with Gasteiger partial charge < -0.3 is 31.9 Å². The number of hydrogen-bond donors (Lipinski definition) is 5. The predicted octanol–water partition coefficient (Wildman–Crippen LogP) is -1.62. The molecule has 0 spiro atoms. The van der Waals surface area contributed by atoms with Crippen LogP contribution < -0.4 is 16.8 Å². The number of nitrogens with zero attached hydrogens (tertiary/aromatic N) is 1. The maximum atomic E-state index is 12.7. The number of hydrogen-bond acceptors (Lipinski definition) is 6. The van der Waals surface area contributed by atoms with E-state index in [1.807, 2.05) is 0 Å². The van der Waals surface area contributed by atoms with Gasteiger partial charge >= 0.3 is 5.97 Å². The average molecular weight is 344 g/mol. The van der Waals surface area contributed by atoms with Gasteiger partial charge in [0, 0.05) is 6.54 Å². The molecule has 1 rings (SSSR count). The zero-order valence-electron chi connectivity index (χ0n) is 14.0. The standard InChI is InChI=1S/C15H28N4O5/c1-9(20)12(17)13(21)18-10(5-2-3-7-16)14(22)19-8-4-6-11(19)15(23)24/h9-12,20H,2-8,16-17H2,1H3,(H,18,21)(H,23,24)/t9-,10+,11-,12+/m1/s1. The number of aliphatic hydroxyl groups excluding tert-OH is 1. The fraction of sp³-hybridized carbons (Fsp3) is 0.800. The SMILES string of the molecule is C[C@@H](O)[C@H](N)C(=O)N[C@@H](CCCCN)C(=O)N1CCC[C@@H]1C(=O)O. The summed E-state index contributed by atoms with van der Waals surface area (Å²) in [6.45, 7) is 2.20. The van der Waals surface area contributed by atoms with Gasteiger partial charge in [0.1, 0.15) is 18.1 Å². The van der Waals surface area contributed by atoms with Gasteiger partial charge in [-0.05, 0) is 45.6 Å². The number of aliphatic hydroxyl groups is 1. The van der Waals surface area contributed by atoms with Crippen molar-refractivity contribution in [2.24, 2.45) is 11.5 Å². The molecule has 138 valence electrons. The monoisotopic (exact) mass is 344 g/mol. The van der Waals surface area contributed by atoms with E-state index in [9.17, 15) is 24.6 Å². The van der Waals surface area contributed by atoms with Crippen LogP contribution in [0.2, 0.25) is 0 Å². The molecule has 0 aromatic heterocycles. The topological polar surface area (TPSA) is 159 Å². The van der Waals surface area contributed by atoms with Crippen LogP contribution in [0.5, 0.6) is 0 Å². The zero-order valence-corrected chi connectivity index (χ0v) is 14.0. The lowest BCUT2D eigenvalue weighted by Crippen LogP contribution is -2.56. The molecule has 24 heavy (non-hydrogen) atoms. The number of nitrogens with one attached hydrogen (secondary N) is 1. The molecule has 1 saturated heterocycles. The van der Waals surface area contributed by atoms with Crippen LogP contribution in [-0.4, -0.2) is 70.2 Å². The summed E-state index contributed by atoms with van der Waals surface area (Å²) < 4.78 is 0. The highest BCUT2D eigenvalue weighted by atomic mass is 16.4. The molecule has 0 unspecified atom stereocenters. The van der Waals surface area contributed by atoms with E-state index < -0.39 is 42.0 Å². The summed E-state index contributed by atoms with van der Waals surface area (Å²) in [5.74, 6) is -2.11. The lowest BCUT2D eigenvalue weighted by atomic mass is 10.1. The van der Waals surface area contributed by atoms with Crippen molar-refractivity contribution >= 4 is 17.8 Å². The van der Waals surface area contributed by atoms with Gasteiger partial charge in [-0.15, -0.1) is 0 Å². The van der Waals surface area contributed by atoms with E-state index in [4.69, 9.17) is 11.5 Å². The van der Waals surface area contributed by atoms with Crippen molar-refractivity contribution in [1.82, 2.24) is 10.2 Å². The van der Waals surface area contributed by atoms with Gasteiger partial charge in [0.05, 0.1) is 6.10 Å². The van der Waals surface area contributed by atoms with Crippen molar-refractivity contribution in [2.75, 3.05) is 13.1 Å². The molecule has 1 aliphatic heterocycles. The molecule has 1 heterocycles. The van der Waals surface area contributed by atoms with Crippen LogP contribution in [0.25, 0.3) is 0 Å².